The van der Waals surface area contributed by atoms with Gasteiger partial charge in [-0.2, -0.15) is 4.31 Å². The number of aryl methyl sites for hydroxylation is 1. The second-order valence-electron chi connectivity index (χ2n) is 4.94. The summed E-state index contributed by atoms with van der Waals surface area (Å²) in [6.45, 7) is 2.39. The van der Waals surface area contributed by atoms with E-state index in [4.69, 9.17) is 5.11 Å². The van der Waals surface area contributed by atoms with Gasteiger partial charge in [0.25, 0.3) is 0 Å². The number of hydrogen-bond donors (Lipinski definition) is 1. The van der Waals surface area contributed by atoms with Crippen LogP contribution < -0.4 is 0 Å². The number of sulfonamides is 1. The molecule has 1 fully saturated rings. The van der Waals surface area contributed by atoms with E-state index in [-0.39, 0.29) is 16.6 Å². The Morgan fingerprint density at radius 2 is 2.11 bits per heavy atom. The predicted molar refractivity (Wildman–Crippen MR) is 69.6 cm³/mol. The average molecular weight is 286 g/mol. The van der Waals surface area contributed by atoms with Crippen molar-refractivity contribution in [1.82, 2.24) is 8.87 Å². The molecule has 1 aliphatic heterocycles. The number of carboxylic acids is 1. The highest BCUT2D eigenvalue weighted by atomic mass is 32.2. The lowest BCUT2D eigenvalue weighted by molar-refractivity contribution is 0.0686. The van der Waals surface area contributed by atoms with E-state index < -0.39 is 16.0 Å². The molecule has 0 bridgehead atoms. The molecule has 1 unspecified atom stereocenters. The third-order valence-corrected chi connectivity index (χ3v) is 5.53. The minimum Gasteiger partial charge on any atom is -0.477 e. The Balaban J connectivity index is 2.39. The molecule has 1 N–H and O–H groups in total. The van der Waals surface area contributed by atoms with Gasteiger partial charge in [0, 0.05) is 25.8 Å². The zero-order valence-electron chi connectivity index (χ0n) is 11.0. The van der Waals surface area contributed by atoms with Crippen LogP contribution >= 0.6 is 0 Å². The first kappa shape index (κ1) is 14.1. The SMILES string of the molecule is CC1CCCCN1S(=O)(=O)c1cc(C(=O)O)n(C)c1. The lowest BCUT2D eigenvalue weighted by Crippen LogP contribution is -2.41. The van der Waals surface area contributed by atoms with Crippen molar-refractivity contribution in [3.05, 3.63) is 18.0 Å². The van der Waals surface area contributed by atoms with Crippen molar-refractivity contribution in [1.29, 1.82) is 0 Å². The van der Waals surface area contributed by atoms with Crippen LogP contribution in [0.25, 0.3) is 0 Å². The lowest BCUT2D eigenvalue weighted by atomic mass is 10.1. The maximum absolute atomic E-state index is 12.5. The minimum atomic E-state index is -3.60. The number of carboxylic acid groups (broad SMARTS) is 1. The topological polar surface area (TPSA) is 79.6 Å². The molecule has 7 heteroatoms. The number of rotatable bonds is 3. The highest BCUT2D eigenvalue weighted by Gasteiger charge is 2.32. The quantitative estimate of drug-likeness (QED) is 0.908. The smallest absolute Gasteiger partial charge is 0.352 e. The molecule has 0 spiro atoms. The van der Waals surface area contributed by atoms with Crippen molar-refractivity contribution in [2.75, 3.05) is 6.54 Å². The number of aromatic carboxylic acids is 1. The summed E-state index contributed by atoms with van der Waals surface area (Å²) in [4.78, 5) is 11.0. The van der Waals surface area contributed by atoms with Crippen LogP contribution in [0.3, 0.4) is 0 Å². The number of aromatic nitrogens is 1. The van der Waals surface area contributed by atoms with E-state index in [1.54, 1.807) is 0 Å². The van der Waals surface area contributed by atoms with Crippen LogP contribution in [-0.2, 0) is 17.1 Å². The number of hydrogen-bond acceptors (Lipinski definition) is 3. The third-order valence-electron chi connectivity index (χ3n) is 3.55. The first-order valence-corrected chi connectivity index (χ1v) is 7.69. The summed E-state index contributed by atoms with van der Waals surface area (Å²) in [5.41, 5.74) is -0.0248. The summed E-state index contributed by atoms with van der Waals surface area (Å²) in [6, 6.07) is 1.19. The third kappa shape index (κ3) is 2.52. The van der Waals surface area contributed by atoms with Gasteiger partial charge in [0.2, 0.25) is 10.0 Å². The molecule has 0 saturated carbocycles. The van der Waals surface area contributed by atoms with Gasteiger partial charge in [0.1, 0.15) is 10.6 Å². The number of nitrogens with zero attached hydrogens (tertiary/aromatic N) is 2. The molecule has 0 radical (unpaired) electrons. The first-order valence-electron chi connectivity index (χ1n) is 6.25. The van der Waals surface area contributed by atoms with Gasteiger partial charge in [-0.05, 0) is 25.8 Å². The fourth-order valence-electron chi connectivity index (χ4n) is 2.45. The Morgan fingerprint density at radius 3 is 2.63 bits per heavy atom. The van der Waals surface area contributed by atoms with Crippen LogP contribution in [0.5, 0.6) is 0 Å². The Bertz CT molecular complexity index is 591. The van der Waals surface area contributed by atoms with Gasteiger partial charge in [-0.15, -0.1) is 0 Å². The van der Waals surface area contributed by atoms with Crippen LogP contribution in [0.15, 0.2) is 17.2 Å². The van der Waals surface area contributed by atoms with E-state index in [1.807, 2.05) is 6.92 Å². The Hall–Kier alpha value is -1.34. The Kier molecular flexibility index (Phi) is 3.69. The molecule has 106 valence electrons. The zero-order chi connectivity index (χ0) is 14.2. The maximum atomic E-state index is 12.5. The second-order valence-corrected chi connectivity index (χ2v) is 6.83. The van der Waals surface area contributed by atoms with Gasteiger partial charge in [-0.1, -0.05) is 6.42 Å². The van der Waals surface area contributed by atoms with Gasteiger partial charge in [-0.25, -0.2) is 13.2 Å². The van der Waals surface area contributed by atoms with Gasteiger partial charge in [0.05, 0.1) is 0 Å². The summed E-state index contributed by atoms with van der Waals surface area (Å²) in [7, 11) is -2.07. The van der Waals surface area contributed by atoms with Gasteiger partial charge >= 0.3 is 5.97 Å². The molecule has 19 heavy (non-hydrogen) atoms. The molecule has 0 aromatic carbocycles. The molecule has 0 amide bonds. The highest BCUT2D eigenvalue weighted by Crippen LogP contribution is 2.26. The van der Waals surface area contributed by atoms with E-state index >= 15 is 0 Å². The molecule has 1 aliphatic rings. The van der Waals surface area contributed by atoms with E-state index in [0.29, 0.717) is 6.54 Å². The van der Waals surface area contributed by atoms with Crippen LogP contribution in [0.1, 0.15) is 36.7 Å². The monoisotopic (exact) mass is 286 g/mol. The zero-order valence-corrected chi connectivity index (χ0v) is 11.9. The lowest BCUT2D eigenvalue weighted by Gasteiger charge is -2.31. The van der Waals surface area contributed by atoms with Gasteiger partial charge in [0.15, 0.2) is 0 Å². The molecular weight excluding hydrogens is 268 g/mol. The Labute approximate surface area is 112 Å². The van der Waals surface area contributed by atoms with E-state index in [1.165, 1.54) is 28.2 Å². The molecule has 1 aromatic heterocycles. The van der Waals surface area contributed by atoms with Crippen LogP contribution in [-0.4, -0.2) is 41.0 Å². The molecular formula is C12H18N2O4S. The van der Waals surface area contributed by atoms with Crippen molar-refractivity contribution in [2.45, 2.75) is 37.1 Å². The number of carbonyl (C=O) groups is 1. The Morgan fingerprint density at radius 1 is 1.42 bits per heavy atom. The molecule has 6 nitrogen and oxygen atoms in total. The van der Waals surface area contributed by atoms with Crippen molar-refractivity contribution >= 4 is 16.0 Å². The van der Waals surface area contributed by atoms with E-state index in [2.05, 4.69) is 0 Å². The molecule has 1 atom stereocenters. The van der Waals surface area contributed by atoms with Crippen LogP contribution in [0, 0.1) is 0 Å². The molecule has 2 rings (SSSR count). The van der Waals surface area contributed by atoms with Crippen molar-refractivity contribution < 1.29 is 18.3 Å². The standard InChI is InChI=1S/C12H18N2O4S/c1-9-5-3-4-6-14(9)19(17,18)10-7-11(12(15)16)13(2)8-10/h7-9H,3-6H2,1-2H3,(H,15,16). The highest BCUT2D eigenvalue weighted by molar-refractivity contribution is 7.89. The number of piperidine rings is 1. The summed E-state index contributed by atoms with van der Waals surface area (Å²) >= 11 is 0. The van der Waals surface area contributed by atoms with E-state index in [9.17, 15) is 13.2 Å². The van der Waals surface area contributed by atoms with E-state index in [0.717, 1.165) is 19.3 Å². The minimum absolute atomic E-state index is 0.0248. The largest absolute Gasteiger partial charge is 0.477 e. The van der Waals surface area contributed by atoms with Crippen molar-refractivity contribution in [3.8, 4) is 0 Å². The summed E-state index contributed by atoms with van der Waals surface area (Å²) in [5.74, 6) is -1.13. The van der Waals surface area contributed by atoms with Gasteiger partial charge in [-0.3, -0.25) is 0 Å². The molecule has 1 aromatic rings. The fourth-order valence-corrected chi connectivity index (χ4v) is 4.22. The summed E-state index contributed by atoms with van der Waals surface area (Å²) in [6.07, 6.45) is 4.09. The maximum Gasteiger partial charge on any atom is 0.352 e. The van der Waals surface area contributed by atoms with Crippen molar-refractivity contribution in [2.24, 2.45) is 7.05 Å². The van der Waals surface area contributed by atoms with Gasteiger partial charge < -0.3 is 9.67 Å². The first-order chi connectivity index (χ1) is 8.84. The normalized spacial score (nSPS) is 21.5. The van der Waals surface area contributed by atoms with Crippen LogP contribution in [0.4, 0.5) is 0 Å². The summed E-state index contributed by atoms with van der Waals surface area (Å²) < 4.78 is 27.8. The predicted octanol–water partition coefficient (Wildman–Crippen LogP) is 1.29. The molecule has 0 aliphatic carbocycles. The second kappa shape index (κ2) is 4.97. The van der Waals surface area contributed by atoms with Crippen molar-refractivity contribution in [3.63, 3.8) is 0 Å². The van der Waals surface area contributed by atoms with Crippen LogP contribution in [0.2, 0.25) is 0 Å². The molecule has 1 saturated heterocycles. The average Bonchev–Trinajstić information content (AvgIpc) is 2.72. The molecule has 2 heterocycles. The summed E-state index contributed by atoms with van der Waals surface area (Å²) in [5, 5.41) is 8.98. The fraction of sp³-hybridized carbons (Fsp3) is 0.583.